The van der Waals surface area contributed by atoms with Gasteiger partial charge in [0.15, 0.2) is 0 Å². The maximum atomic E-state index is 12.2. The Hall–Kier alpha value is -1.26. The van der Waals surface area contributed by atoms with E-state index in [-0.39, 0.29) is 44.2 Å². The number of hydrazine groups is 1. The molecule has 1 rings (SSSR count). The van der Waals surface area contributed by atoms with Crippen LogP contribution in [0, 0.1) is 5.92 Å². The van der Waals surface area contributed by atoms with Gasteiger partial charge in [-0.15, -0.1) is 5.59 Å². The first kappa shape index (κ1) is 15.8. The first-order valence-corrected chi connectivity index (χ1v) is 6.05. The van der Waals surface area contributed by atoms with E-state index in [0.29, 0.717) is 0 Å². The highest BCUT2D eigenvalue weighted by Crippen LogP contribution is 2.23. The lowest BCUT2D eigenvalue weighted by molar-refractivity contribution is -0.130. The molecule has 19 heavy (non-hydrogen) atoms. The van der Waals surface area contributed by atoms with Crippen LogP contribution >= 0.6 is 0 Å². The van der Waals surface area contributed by atoms with Crippen LogP contribution in [0.25, 0.3) is 0 Å². The van der Waals surface area contributed by atoms with Gasteiger partial charge in [-0.2, -0.15) is 0 Å². The minimum absolute atomic E-state index is 0.00563. The Bertz CT molecular complexity index is 325. The molecule has 0 aromatic carbocycles. The summed E-state index contributed by atoms with van der Waals surface area (Å²) in [5, 5.41) is 0. The molecule has 1 unspecified atom stereocenters. The van der Waals surface area contributed by atoms with E-state index in [2.05, 4.69) is 4.84 Å². The lowest BCUT2D eigenvalue weighted by atomic mass is 10.0. The fraction of sp³-hybridized carbons (Fsp3) is 0.800. The number of hydrogen-bond donors (Lipinski definition) is 3. The number of hydrogen-bond acceptors (Lipinski definition) is 7. The maximum absolute atomic E-state index is 12.2. The largest absolute Gasteiger partial charge is 0.327 e. The van der Waals surface area contributed by atoms with E-state index in [1.54, 1.807) is 0 Å². The number of amides is 3. The van der Waals surface area contributed by atoms with Crippen molar-refractivity contribution in [3.63, 3.8) is 0 Å². The minimum atomic E-state index is -0.494. The number of nitrogens with one attached hydrogen (secondary N) is 1. The third kappa shape index (κ3) is 3.61. The lowest BCUT2D eigenvalue weighted by Gasteiger charge is -2.23. The molecule has 3 amide bonds. The molecule has 9 heteroatoms. The van der Waals surface area contributed by atoms with E-state index in [1.165, 1.54) is 4.90 Å². The smallest absolute Gasteiger partial charge is 0.310 e. The average Bonchev–Trinajstić information content (AvgIpc) is 2.59. The van der Waals surface area contributed by atoms with Gasteiger partial charge in [-0.05, 0) is 5.92 Å². The SMILES string of the molecule is CC(C)C1C(=O)N(CCON)C(=O)N1CCONN. The molecule has 0 aliphatic carbocycles. The molecule has 0 spiro atoms. The zero-order valence-corrected chi connectivity index (χ0v) is 11.2. The van der Waals surface area contributed by atoms with Crippen LogP contribution in [0.15, 0.2) is 0 Å². The van der Waals surface area contributed by atoms with Crippen LogP contribution in [0.5, 0.6) is 0 Å². The summed E-state index contributed by atoms with van der Waals surface area (Å²) in [5.41, 5.74) is 2.03. The standard InChI is InChI=1S/C10H21N5O4/c1-7(2)8-9(16)15(3-5-18-12)10(17)14(8)4-6-19-13-11/h7-8,13H,3-6,11-12H2,1-2H3. The molecule has 110 valence electrons. The Morgan fingerprint density at radius 1 is 1.32 bits per heavy atom. The van der Waals surface area contributed by atoms with E-state index < -0.39 is 6.04 Å². The summed E-state index contributed by atoms with van der Waals surface area (Å²) in [7, 11) is 0. The van der Waals surface area contributed by atoms with Crippen LogP contribution in [-0.2, 0) is 14.5 Å². The predicted molar refractivity (Wildman–Crippen MR) is 65.9 cm³/mol. The Labute approximate surface area is 111 Å². The molecule has 0 aromatic heterocycles. The third-order valence-electron chi connectivity index (χ3n) is 2.91. The first-order chi connectivity index (χ1) is 9.04. The van der Waals surface area contributed by atoms with Gasteiger partial charge in [0.25, 0.3) is 5.91 Å². The molecule has 1 atom stereocenters. The summed E-state index contributed by atoms with van der Waals surface area (Å²) in [6.07, 6.45) is 0. The number of urea groups is 1. The number of imide groups is 1. The Kier molecular flexibility index (Phi) is 6.12. The van der Waals surface area contributed by atoms with E-state index in [0.717, 1.165) is 4.90 Å². The van der Waals surface area contributed by atoms with Crippen molar-refractivity contribution in [3.8, 4) is 0 Å². The van der Waals surface area contributed by atoms with Crippen LogP contribution < -0.4 is 17.3 Å². The lowest BCUT2D eigenvalue weighted by Crippen LogP contribution is -2.41. The number of nitrogens with two attached hydrogens (primary N) is 2. The fourth-order valence-electron chi connectivity index (χ4n) is 2.09. The van der Waals surface area contributed by atoms with Crippen LogP contribution in [0.4, 0.5) is 4.79 Å². The van der Waals surface area contributed by atoms with Crippen molar-refractivity contribution in [2.24, 2.45) is 17.7 Å². The van der Waals surface area contributed by atoms with Crippen LogP contribution in [-0.4, -0.2) is 54.1 Å². The molecule has 0 radical (unpaired) electrons. The van der Waals surface area contributed by atoms with Crippen LogP contribution in [0.1, 0.15) is 13.8 Å². The van der Waals surface area contributed by atoms with Gasteiger partial charge < -0.3 is 9.74 Å². The number of nitrogens with zero attached hydrogens (tertiary/aromatic N) is 2. The maximum Gasteiger partial charge on any atom is 0.327 e. The highest BCUT2D eigenvalue weighted by molar-refractivity contribution is 6.04. The first-order valence-electron chi connectivity index (χ1n) is 6.05. The zero-order chi connectivity index (χ0) is 14.4. The van der Waals surface area contributed by atoms with E-state index in [1.807, 2.05) is 19.4 Å². The molecular weight excluding hydrogens is 254 g/mol. The monoisotopic (exact) mass is 275 g/mol. The van der Waals surface area contributed by atoms with Gasteiger partial charge in [-0.3, -0.25) is 14.5 Å². The molecule has 1 heterocycles. The van der Waals surface area contributed by atoms with Crippen molar-refractivity contribution in [3.05, 3.63) is 0 Å². The van der Waals surface area contributed by atoms with E-state index in [9.17, 15) is 9.59 Å². The third-order valence-corrected chi connectivity index (χ3v) is 2.91. The summed E-state index contributed by atoms with van der Waals surface area (Å²) in [5.74, 6) is 9.67. The highest BCUT2D eigenvalue weighted by atomic mass is 16.7. The summed E-state index contributed by atoms with van der Waals surface area (Å²) < 4.78 is 0. The second kappa shape index (κ2) is 7.36. The number of carbonyl (C=O) groups excluding carboxylic acids is 2. The van der Waals surface area contributed by atoms with Crippen LogP contribution in [0.2, 0.25) is 0 Å². The second-order valence-corrected chi connectivity index (χ2v) is 4.49. The molecule has 9 nitrogen and oxygen atoms in total. The van der Waals surface area contributed by atoms with Gasteiger partial charge in [0.1, 0.15) is 6.04 Å². The molecule has 1 aliphatic heterocycles. The number of carbonyl (C=O) groups is 2. The van der Waals surface area contributed by atoms with Gasteiger partial charge in [0.2, 0.25) is 0 Å². The van der Waals surface area contributed by atoms with Gasteiger partial charge in [0, 0.05) is 6.54 Å². The highest BCUT2D eigenvalue weighted by Gasteiger charge is 2.45. The van der Waals surface area contributed by atoms with Crippen molar-refractivity contribution < 1.29 is 19.3 Å². The summed E-state index contributed by atoms with van der Waals surface area (Å²) in [4.78, 5) is 36.2. The minimum Gasteiger partial charge on any atom is -0.310 e. The summed E-state index contributed by atoms with van der Waals surface area (Å²) in [6, 6.07) is -0.854. The molecular formula is C10H21N5O4. The van der Waals surface area contributed by atoms with Crippen molar-refractivity contribution in [1.82, 2.24) is 15.4 Å². The van der Waals surface area contributed by atoms with Crippen molar-refractivity contribution >= 4 is 11.9 Å². The molecule has 0 saturated carbocycles. The summed E-state index contributed by atoms with van der Waals surface area (Å²) >= 11 is 0. The van der Waals surface area contributed by atoms with Gasteiger partial charge in [-0.1, -0.05) is 13.8 Å². The van der Waals surface area contributed by atoms with Crippen molar-refractivity contribution in [2.45, 2.75) is 19.9 Å². The van der Waals surface area contributed by atoms with Crippen molar-refractivity contribution in [2.75, 3.05) is 26.3 Å². The molecule has 1 saturated heterocycles. The molecule has 5 N–H and O–H groups in total. The fourth-order valence-corrected chi connectivity index (χ4v) is 2.09. The molecule has 1 fully saturated rings. The van der Waals surface area contributed by atoms with Crippen LogP contribution in [0.3, 0.4) is 0 Å². The quantitative estimate of drug-likeness (QED) is 0.214. The van der Waals surface area contributed by atoms with Gasteiger partial charge in [-0.25, -0.2) is 16.5 Å². The number of rotatable bonds is 8. The predicted octanol–water partition coefficient (Wildman–Crippen LogP) is -1.44. The molecule has 1 aliphatic rings. The zero-order valence-electron chi connectivity index (χ0n) is 11.2. The van der Waals surface area contributed by atoms with E-state index >= 15 is 0 Å². The molecule has 0 aromatic rings. The Balaban J connectivity index is 2.75. The Morgan fingerprint density at radius 2 is 2.00 bits per heavy atom. The summed E-state index contributed by atoms with van der Waals surface area (Å²) in [6.45, 7) is 4.49. The van der Waals surface area contributed by atoms with Crippen molar-refractivity contribution in [1.29, 1.82) is 0 Å². The van der Waals surface area contributed by atoms with Gasteiger partial charge in [0.05, 0.1) is 19.8 Å². The Morgan fingerprint density at radius 3 is 2.53 bits per heavy atom. The topological polar surface area (TPSA) is 123 Å². The average molecular weight is 275 g/mol. The van der Waals surface area contributed by atoms with E-state index in [4.69, 9.17) is 16.6 Å². The second-order valence-electron chi connectivity index (χ2n) is 4.49. The normalized spacial score (nSPS) is 19.9. The molecule has 0 bridgehead atoms. The van der Waals surface area contributed by atoms with Gasteiger partial charge >= 0.3 is 6.03 Å².